The van der Waals surface area contributed by atoms with Crippen LogP contribution in [-0.2, 0) is 6.54 Å². The molecule has 1 aliphatic rings. The number of aryl methyl sites for hydroxylation is 1. The lowest BCUT2D eigenvalue weighted by atomic mass is 10.0. The fourth-order valence-electron chi connectivity index (χ4n) is 3.01. The first-order valence-electron chi connectivity index (χ1n) is 7.80. The van der Waals surface area contributed by atoms with Crippen LogP contribution in [0.3, 0.4) is 0 Å². The Hall–Kier alpha value is -1.93. The number of aromatic nitrogens is 2. The molecule has 24 heavy (non-hydrogen) atoms. The van der Waals surface area contributed by atoms with Crippen LogP contribution in [0.25, 0.3) is 0 Å². The third-order valence-corrected chi connectivity index (χ3v) is 4.12. The van der Waals surface area contributed by atoms with Crippen LogP contribution in [0.1, 0.15) is 23.4 Å². The largest absolute Gasteiger partial charge is 0.424 e. The highest BCUT2D eigenvalue weighted by Crippen LogP contribution is 2.38. The van der Waals surface area contributed by atoms with Gasteiger partial charge in [0.25, 0.3) is 0 Å². The molecule has 5 nitrogen and oxygen atoms in total. The summed E-state index contributed by atoms with van der Waals surface area (Å²) in [5.41, 5.74) is 0.283. The van der Waals surface area contributed by atoms with Crippen molar-refractivity contribution in [2.24, 2.45) is 0 Å². The summed E-state index contributed by atoms with van der Waals surface area (Å²) in [6.07, 6.45) is -4.30. The number of rotatable bonds is 4. The van der Waals surface area contributed by atoms with E-state index in [0.717, 1.165) is 0 Å². The Kier molecular flexibility index (Phi) is 4.86. The molecule has 2 heterocycles. The van der Waals surface area contributed by atoms with Gasteiger partial charge in [-0.25, -0.2) is 0 Å². The summed E-state index contributed by atoms with van der Waals surface area (Å²) in [6, 6.07) is 6.51. The number of piperazine rings is 1. The number of halogens is 3. The van der Waals surface area contributed by atoms with Gasteiger partial charge in [-0.2, -0.15) is 13.2 Å². The van der Waals surface area contributed by atoms with E-state index in [9.17, 15) is 13.2 Å². The van der Waals surface area contributed by atoms with E-state index in [1.165, 1.54) is 17.0 Å². The number of hydrogen-bond acceptors (Lipinski definition) is 5. The van der Waals surface area contributed by atoms with Crippen LogP contribution < -0.4 is 0 Å². The molecule has 0 unspecified atom stereocenters. The topological polar surface area (TPSA) is 45.4 Å². The first-order valence-corrected chi connectivity index (χ1v) is 7.80. The van der Waals surface area contributed by atoms with Gasteiger partial charge in [-0.05, 0) is 5.56 Å². The second kappa shape index (κ2) is 6.90. The maximum atomic E-state index is 13.5. The molecule has 1 aromatic heterocycles. The van der Waals surface area contributed by atoms with E-state index in [1.807, 2.05) is 4.90 Å². The molecule has 130 valence electrons. The Morgan fingerprint density at radius 1 is 1.08 bits per heavy atom. The van der Waals surface area contributed by atoms with Gasteiger partial charge in [0.15, 0.2) is 0 Å². The van der Waals surface area contributed by atoms with E-state index in [2.05, 4.69) is 10.2 Å². The summed E-state index contributed by atoms with van der Waals surface area (Å²) >= 11 is 0. The van der Waals surface area contributed by atoms with E-state index < -0.39 is 12.2 Å². The van der Waals surface area contributed by atoms with Crippen molar-refractivity contribution in [3.8, 4) is 0 Å². The molecular formula is C16H19F3N4O. The zero-order valence-electron chi connectivity index (χ0n) is 13.3. The fourth-order valence-corrected chi connectivity index (χ4v) is 3.01. The summed E-state index contributed by atoms with van der Waals surface area (Å²) in [4.78, 5) is 3.52. The Balaban J connectivity index is 1.65. The molecule has 0 radical (unpaired) electrons. The van der Waals surface area contributed by atoms with Gasteiger partial charge in [0.2, 0.25) is 11.8 Å². The maximum absolute atomic E-state index is 13.5. The lowest BCUT2D eigenvalue weighted by molar-refractivity contribution is -0.190. The lowest BCUT2D eigenvalue weighted by Crippen LogP contribution is -2.50. The highest BCUT2D eigenvalue weighted by Gasteiger charge is 2.45. The standard InChI is InChI=1S/C16H19F3N4O/c1-12-20-21-14(24-12)11-22-7-9-23(10-8-22)15(16(17,18)19)13-5-3-2-4-6-13/h2-6,15H,7-11H2,1H3/t15-/m0/s1. The minimum Gasteiger partial charge on any atom is -0.424 e. The number of benzene rings is 1. The molecule has 2 aromatic rings. The Morgan fingerprint density at radius 2 is 1.75 bits per heavy atom. The number of nitrogens with zero attached hydrogens (tertiary/aromatic N) is 4. The molecule has 8 heteroatoms. The van der Waals surface area contributed by atoms with E-state index in [-0.39, 0.29) is 5.56 Å². The minimum absolute atomic E-state index is 0.283. The third kappa shape index (κ3) is 3.93. The molecule has 0 saturated carbocycles. The lowest BCUT2D eigenvalue weighted by Gasteiger charge is -2.39. The molecular weight excluding hydrogens is 321 g/mol. The van der Waals surface area contributed by atoms with Crippen molar-refractivity contribution >= 4 is 0 Å². The van der Waals surface area contributed by atoms with Gasteiger partial charge in [-0.15, -0.1) is 10.2 Å². The molecule has 1 aromatic carbocycles. The highest BCUT2D eigenvalue weighted by atomic mass is 19.4. The van der Waals surface area contributed by atoms with Crippen LogP contribution in [0.15, 0.2) is 34.7 Å². The summed E-state index contributed by atoms with van der Waals surface area (Å²) in [5, 5.41) is 7.69. The summed E-state index contributed by atoms with van der Waals surface area (Å²) in [5.74, 6) is 0.987. The van der Waals surface area contributed by atoms with Gasteiger partial charge >= 0.3 is 6.18 Å². The predicted octanol–water partition coefficient (Wildman–Crippen LogP) is 2.80. The second-order valence-corrected chi connectivity index (χ2v) is 5.88. The zero-order chi connectivity index (χ0) is 17.2. The van der Waals surface area contributed by atoms with Crippen molar-refractivity contribution in [1.82, 2.24) is 20.0 Å². The zero-order valence-corrected chi connectivity index (χ0v) is 13.3. The monoisotopic (exact) mass is 340 g/mol. The quantitative estimate of drug-likeness (QED) is 0.856. The molecule has 0 aliphatic carbocycles. The predicted molar refractivity (Wildman–Crippen MR) is 81.1 cm³/mol. The molecule has 1 aliphatic heterocycles. The number of alkyl halides is 3. The molecule has 1 saturated heterocycles. The van der Waals surface area contributed by atoms with Gasteiger partial charge in [0.05, 0.1) is 6.54 Å². The van der Waals surface area contributed by atoms with Crippen molar-refractivity contribution in [2.45, 2.75) is 25.7 Å². The minimum atomic E-state index is -4.30. The molecule has 0 N–H and O–H groups in total. The smallest absolute Gasteiger partial charge is 0.408 e. The van der Waals surface area contributed by atoms with Gasteiger partial charge in [0.1, 0.15) is 6.04 Å². The van der Waals surface area contributed by atoms with Crippen LogP contribution in [0.2, 0.25) is 0 Å². The Bertz CT molecular complexity index is 651. The van der Waals surface area contributed by atoms with Gasteiger partial charge in [-0.1, -0.05) is 30.3 Å². The van der Waals surface area contributed by atoms with Gasteiger partial charge in [0, 0.05) is 33.1 Å². The molecule has 0 amide bonds. The van der Waals surface area contributed by atoms with Crippen LogP contribution in [0.4, 0.5) is 13.2 Å². The third-order valence-electron chi connectivity index (χ3n) is 4.12. The van der Waals surface area contributed by atoms with Crippen molar-refractivity contribution in [2.75, 3.05) is 26.2 Å². The van der Waals surface area contributed by atoms with Gasteiger partial charge in [-0.3, -0.25) is 9.80 Å². The first kappa shape index (κ1) is 16.9. The fraction of sp³-hybridized carbons (Fsp3) is 0.500. The van der Waals surface area contributed by atoms with E-state index >= 15 is 0 Å². The first-order chi connectivity index (χ1) is 11.4. The average molecular weight is 340 g/mol. The van der Waals surface area contributed by atoms with Crippen molar-refractivity contribution < 1.29 is 17.6 Å². The molecule has 1 atom stereocenters. The Labute approximate surface area is 138 Å². The molecule has 0 spiro atoms. The maximum Gasteiger partial charge on any atom is 0.408 e. The average Bonchev–Trinajstić information content (AvgIpc) is 2.94. The van der Waals surface area contributed by atoms with E-state index in [1.54, 1.807) is 25.1 Å². The van der Waals surface area contributed by atoms with E-state index in [4.69, 9.17) is 4.42 Å². The van der Waals surface area contributed by atoms with Gasteiger partial charge < -0.3 is 4.42 Å². The van der Waals surface area contributed by atoms with Crippen LogP contribution in [0.5, 0.6) is 0 Å². The number of hydrogen-bond donors (Lipinski definition) is 0. The SMILES string of the molecule is Cc1nnc(CN2CCN([C@@H](c3ccccc3)C(F)(F)F)CC2)o1. The van der Waals surface area contributed by atoms with Crippen LogP contribution >= 0.6 is 0 Å². The van der Waals surface area contributed by atoms with Crippen molar-refractivity contribution in [3.63, 3.8) is 0 Å². The van der Waals surface area contributed by atoms with Crippen LogP contribution in [0, 0.1) is 6.92 Å². The molecule has 3 rings (SSSR count). The normalized spacial score (nSPS) is 18.7. The van der Waals surface area contributed by atoms with Crippen molar-refractivity contribution in [1.29, 1.82) is 0 Å². The van der Waals surface area contributed by atoms with Crippen molar-refractivity contribution in [3.05, 3.63) is 47.7 Å². The summed E-state index contributed by atoms with van der Waals surface area (Å²) in [7, 11) is 0. The summed E-state index contributed by atoms with van der Waals surface area (Å²) < 4.78 is 46.0. The highest BCUT2D eigenvalue weighted by molar-refractivity contribution is 5.20. The Morgan fingerprint density at radius 3 is 2.29 bits per heavy atom. The molecule has 1 fully saturated rings. The summed E-state index contributed by atoms with van der Waals surface area (Å²) in [6.45, 7) is 3.92. The van der Waals surface area contributed by atoms with Crippen LogP contribution in [-0.4, -0.2) is 52.4 Å². The molecule has 0 bridgehead atoms. The van der Waals surface area contributed by atoms with E-state index in [0.29, 0.717) is 44.5 Å². The second-order valence-electron chi connectivity index (χ2n) is 5.88.